The first-order chi connectivity index (χ1) is 15.1. The number of methoxy groups -OCH3 is 1. The molecule has 2 saturated heterocycles. The summed E-state index contributed by atoms with van der Waals surface area (Å²) in [5.41, 5.74) is 1.97. The number of piperidine rings is 1. The van der Waals surface area contributed by atoms with Crippen molar-refractivity contribution in [1.82, 2.24) is 14.9 Å². The molecule has 0 spiro atoms. The van der Waals surface area contributed by atoms with Crippen molar-refractivity contribution in [3.05, 3.63) is 47.7 Å². The maximum atomic E-state index is 12.6. The number of benzene rings is 1. The zero-order chi connectivity index (χ0) is 21.6. The predicted molar refractivity (Wildman–Crippen MR) is 124 cm³/mol. The molecule has 1 aromatic heterocycles. The highest BCUT2D eigenvalue weighted by atomic mass is 16.5. The van der Waals surface area contributed by atoms with Crippen molar-refractivity contribution >= 4 is 23.7 Å². The molecule has 1 amide bonds. The van der Waals surface area contributed by atoms with Gasteiger partial charge in [0.05, 0.1) is 7.11 Å². The van der Waals surface area contributed by atoms with Crippen LogP contribution in [0.4, 0.5) is 11.8 Å². The maximum absolute atomic E-state index is 12.6. The number of aryl methyl sites for hydroxylation is 1. The first-order valence-electron chi connectivity index (χ1n) is 11.1. The number of anilines is 2. The summed E-state index contributed by atoms with van der Waals surface area (Å²) >= 11 is 0. The van der Waals surface area contributed by atoms with E-state index in [9.17, 15) is 4.79 Å². The zero-order valence-corrected chi connectivity index (χ0v) is 18.5. The lowest BCUT2D eigenvalue weighted by molar-refractivity contribution is -0.126. The first kappa shape index (κ1) is 21.2. The number of ether oxygens (including phenoxy) is 1. The van der Waals surface area contributed by atoms with Gasteiger partial charge in [0.2, 0.25) is 11.9 Å². The van der Waals surface area contributed by atoms with Crippen molar-refractivity contribution < 1.29 is 9.53 Å². The molecule has 0 radical (unpaired) electrons. The molecule has 0 unspecified atom stereocenters. The summed E-state index contributed by atoms with van der Waals surface area (Å²) in [5, 5.41) is 0. The number of hydrogen-bond acceptors (Lipinski definition) is 6. The summed E-state index contributed by atoms with van der Waals surface area (Å²) in [7, 11) is 1.64. The van der Waals surface area contributed by atoms with E-state index in [1.165, 1.54) is 19.3 Å². The second-order valence-corrected chi connectivity index (χ2v) is 8.13. The molecule has 7 nitrogen and oxygen atoms in total. The van der Waals surface area contributed by atoms with E-state index in [-0.39, 0.29) is 5.91 Å². The van der Waals surface area contributed by atoms with Gasteiger partial charge in [0.25, 0.3) is 0 Å². The molecule has 0 bridgehead atoms. The number of rotatable bonds is 5. The zero-order valence-electron chi connectivity index (χ0n) is 18.5. The molecule has 7 heteroatoms. The molecule has 3 heterocycles. The minimum Gasteiger partial charge on any atom is -0.497 e. The van der Waals surface area contributed by atoms with Crippen molar-refractivity contribution in [2.75, 3.05) is 56.2 Å². The van der Waals surface area contributed by atoms with Crippen LogP contribution in [0.3, 0.4) is 0 Å². The van der Waals surface area contributed by atoms with Gasteiger partial charge in [0.15, 0.2) is 0 Å². The normalized spacial score (nSPS) is 17.3. The second kappa shape index (κ2) is 9.81. The lowest BCUT2D eigenvalue weighted by Crippen LogP contribution is -2.48. The average molecular weight is 422 g/mol. The SMILES string of the molecule is COc1ccc(/C=C/C(=O)N2CCN(c3cc(C)nc(N4CCCCC4)n3)CC2)cc1. The van der Waals surface area contributed by atoms with Gasteiger partial charge in [-0.3, -0.25) is 4.79 Å². The van der Waals surface area contributed by atoms with Crippen LogP contribution in [0.2, 0.25) is 0 Å². The second-order valence-electron chi connectivity index (χ2n) is 8.13. The lowest BCUT2D eigenvalue weighted by Gasteiger charge is -2.35. The number of aromatic nitrogens is 2. The third kappa shape index (κ3) is 5.34. The van der Waals surface area contributed by atoms with E-state index in [0.717, 1.165) is 55.0 Å². The number of carbonyl (C=O) groups excluding carboxylic acids is 1. The Bertz CT molecular complexity index is 914. The van der Waals surface area contributed by atoms with Crippen molar-refractivity contribution in [3.63, 3.8) is 0 Å². The Morgan fingerprint density at radius 2 is 1.65 bits per heavy atom. The molecular weight excluding hydrogens is 390 g/mol. The van der Waals surface area contributed by atoms with E-state index in [2.05, 4.69) is 20.9 Å². The molecule has 164 valence electrons. The van der Waals surface area contributed by atoms with E-state index in [1.807, 2.05) is 42.2 Å². The van der Waals surface area contributed by atoms with Gasteiger partial charge in [-0.2, -0.15) is 4.98 Å². The minimum atomic E-state index is 0.0448. The predicted octanol–water partition coefficient (Wildman–Crippen LogP) is 3.15. The highest BCUT2D eigenvalue weighted by Gasteiger charge is 2.22. The number of hydrogen-bond donors (Lipinski definition) is 0. The van der Waals surface area contributed by atoms with E-state index < -0.39 is 0 Å². The van der Waals surface area contributed by atoms with E-state index in [0.29, 0.717) is 13.1 Å². The van der Waals surface area contributed by atoms with Crippen LogP contribution in [0.5, 0.6) is 5.75 Å². The number of amides is 1. The van der Waals surface area contributed by atoms with E-state index in [4.69, 9.17) is 9.72 Å². The van der Waals surface area contributed by atoms with Crippen LogP contribution >= 0.6 is 0 Å². The van der Waals surface area contributed by atoms with Crippen LogP contribution in [0, 0.1) is 6.92 Å². The fourth-order valence-corrected chi connectivity index (χ4v) is 4.08. The standard InChI is InChI=1S/C24H31N5O2/c1-19-18-22(26-24(25-19)29-12-4-3-5-13-29)27-14-16-28(17-15-27)23(30)11-8-20-6-9-21(31-2)10-7-20/h6-11,18H,3-5,12-17H2,1-2H3/b11-8+. The first-order valence-corrected chi connectivity index (χ1v) is 11.1. The molecule has 0 aliphatic carbocycles. The molecule has 0 saturated carbocycles. The Morgan fingerprint density at radius 3 is 2.32 bits per heavy atom. The van der Waals surface area contributed by atoms with Gasteiger partial charge in [-0.05, 0) is 50.0 Å². The van der Waals surface area contributed by atoms with Gasteiger partial charge in [-0.25, -0.2) is 4.98 Å². The van der Waals surface area contributed by atoms with Crippen LogP contribution in [0.25, 0.3) is 6.08 Å². The summed E-state index contributed by atoms with van der Waals surface area (Å²) in [6.07, 6.45) is 7.21. The molecular formula is C24H31N5O2. The van der Waals surface area contributed by atoms with Gasteiger partial charge < -0.3 is 19.4 Å². The topological polar surface area (TPSA) is 61.8 Å². The maximum Gasteiger partial charge on any atom is 0.246 e. The van der Waals surface area contributed by atoms with Crippen molar-refractivity contribution in [2.24, 2.45) is 0 Å². The minimum absolute atomic E-state index is 0.0448. The van der Waals surface area contributed by atoms with Crippen LogP contribution in [0.15, 0.2) is 36.4 Å². The third-order valence-electron chi connectivity index (χ3n) is 5.92. The summed E-state index contributed by atoms with van der Waals surface area (Å²) in [4.78, 5) is 28.6. The highest BCUT2D eigenvalue weighted by molar-refractivity contribution is 5.92. The summed E-state index contributed by atoms with van der Waals surface area (Å²) < 4.78 is 5.17. The molecule has 2 aliphatic rings. The molecule has 2 fully saturated rings. The summed E-state index contributed by atoms with van der Waals surface area (Å²) in [5.74, 6) is 2.66. The van der Waals surface area contributed by atoms with Gasteiger partial charge in [0, 0.05) is 57.1 Å². The largest absolute Gasteiger partial charge is 0.497 e. The fourth-order valence-electron chi connectivity index (χ4n) is 4.08. The molecule has 0 N–H and O–H groups in total. The fraction of sp³-hybridized carbons (Fsp3) is 0.458. The lowest BCUT2D eigenvalue weighted by atomic mass is 10.1. The summed E-state index contributed by atoms with van der Waals surface area (Å²) in [6.45, 7) is 7.03. The van der Waals surface area contributed by atoms with Crippen molar-refractivity contribution in [2.45, 2.75) is 26.2 Å². The Kier molecular flexibility index (Phi) is 6.70. The Morgan fingerprint density at radius 1 is 0.935 bits per heavy atom. The quantitative estimate of drug-likeness (QED) is 0.691. The van der Waals surface area contributed by atoms with Crippen molar-refractivity contribution in [3.8, 4) is 5.75 Å². The molecule has 31 heavy (non-hydrogen) atoms. The highest BCUT2D eigenvalue weighted by Crippen LogP contribution is 2.22. The Labute approximate surface area is 184 Å². The smallest absolute Gasteiger partial charge is 0.246 e. The van der Waals surface area contributed by atoms with Crippen LogP contribution in [0.1, 0.15) is 30.5 Å². The average Bonchev–Trinajstić information content (AvgIpc) is 2.83. The monoisotopic (exact) mass is 421 g/mol. The number of piperazine rings is 1. The number of nitrogens with zero attached hydrogens (tertiary/aromatic N) is 5. The van der Waals surface area contributed by atoms with Gasteiger partial charge >= 0.3 is 0 Å². The van der Waals surface area contributed by atoms with E-state index in [1.54, 1.807) is 13.2 Å². The van der Waals surface area contributed by atoms with Crippen LogP contribution in [-0.2, 0) is 4.79 Å². The molecule has 0 atom stereocenters. The Balaban J connectivity index is 1.35. The Hall–Kier alpha value is -3.09. The van der Waals surface area contributed by atoms with Crippen molar-refractivity contribution in [1.29, 1.82) is 0 Å². The summed E-state index contributed by atoms with van der Waals surface area (Å²) in [6, 6.07) is 9.72. The molecule has 2 aromatic rings. The van der Waals surface area contributed by atoms with Gasteiger partial charge in [-0.15, -0.1) is 0 Å². The van der Waals surface area contributed by atoms with E-state index >= 15 is 0 Å². The van der Waals surface area contributed by atoms with Gasteiger partial charge in [-0.1, -0.05) is 12.1 Å². The van der Waals surface area contributed by atoms with Crippen LogP contribution in [-0.4, -0.2) is 67.2 Å². The molecule has 4 rings (SSSR count). The molecule has 1 aromatic carbocycles. The van der Waals surface area contributed by atoms with Crippen LogP contribution < -0.4 is 14.5 Å². The molecule has 2 aliphatic heterocycles. The number of carbonyl (C=O) groups is 1. The van der Waals surface area contributed by atoms with Gasteiger partial charge in [0.1, 0.15) is 11.6 Å². The third-order valence-corrected chi connectivity index (χ3v) is 5.92.